The van der Waals surface area contributed by atoms with Gasteiger partial charge in [0.05, 0.1) is 24.0 Å². The molecule has 1 heterocycles. The number of nitrogens with zero attached hydrogens (tertiary/aromatic N) is 1. The Hall–Kier alpha value is -1.92. The van der Waals surface area contributed by atoms with Crippen LogP contribution in [0.25, 0.3) is 0 Å². The first-order valence-electron chi connectivity index (χ1n) is 9.75. The third kappa shape index (κ3) is 4.50. The number of ether oxygens (including phenoxy) is 2. The highest BCUT2D eigenvalue weighted by molar-refractivity contribution is 6.00. The molecule has 148 valence electrons. The molecule has 27 heavy (non-hydrogen) atoms. The fourth-order valence-electron chi connectivity index (χ4n) is 4.65. The van der Waals surface area contributed by atoms with Crippen LogP contribution >= 0.6 is 0 Å². The zero-order valence-electron chi connectivity index (χ0n) is 16.5. The van der Waals surface area contributed by atoms with Crippen molar-refractivity contribution < 1.29 is 19.1 Å². The molecule has 6 heteroatoms. The van der Waals surface area contributed by atoms with Crippen LogP contribution in [-0.4, -0.2) is 56.2 Å². The number of nitrogens with one attached hydrogen (secondary N) is 1. The van der Waals surface area contributed by atoms with Crippen LogP contribution in [0.3, 0.4) is 0 Å². The highest BCUT2D eigenvalue weighted by atomic mass is 16.5. The van der Waals surface area contributed by atoms with Gasteiger partial charge in [-0.3, -0.25) is 4.79 Å². The van der Waals surface area contributed by atoms with Gasteiger partial charge in [-0.05, 0) is 43.9 Å². The number of carbonyl (C=O) groups excluding carboxylic acids is 2. The van der Waals surface area contributed by atoms with Gasteiger partial charge in [0.25, 0.3) is 0 Å². The van der Waals surface area contributed by atoms with Gasteiger partial charge in [0.15, 0.2) is 0 Å². The van der Waals surface area contributed by atoms with Crippen LogP contribution < -0.4 is 5.32 Å². The number of methoxy groups -OCH3 is 1. The van der Waals surface area contributed by atoms with Crippen molar-refractivity contribution in [1.29, 1.82) is 0 Å². The molecule has 1 N–H and O–H groups in total. The first-order valence-corrected chi connectivity index (χ1v) is 9.75. The summed E-state index contributed by atoms with van der Waals surface area (Å²) in [6, 6.07) is 6.97. The van der Waals surface area contributed by atoms with E-state index in [1.165, 1.54) is 6.92 Å². The number of piperidine rings is 1. The summed E-state index contributed by atoms with van der Waals surface area (Å²) in [5, 5.41) is 2.70. The minimum atomic E-state index is -0.382. The maximum atomic E-state index is 12.7. The van der Waals surface area contributed by atoms with Gasteiger partial charge in [-0.25, -0.2) is 4.79 Å². The molecule has 0 aromatic heterocycles. The van der Waals surface area contributed by atoms with E-state index in [0.29, 0.717) is 29.9 Å². The Morgan fingerprint density at radius 2 is 2.11 bits per heavy atom. The van der Waals surface area contributed by atoms with E-state index in [-0.39, 0.29) is 17.3 Å². The Morgan fingerprint density at radius 3 is 2.81 bits per heavy atom. The molecule has 2 aliphatic rings. The number of hydrogen-bond acceptors (Lipinski definition) is 5. The number of benzene rings is 1. The lowest BCUT2D eigenvalue weighted by molar-refractivity contribution is -0.114. The highest BCUT2D eigenvalue weighted by Crippen LogP contribution is 2.45. The van der Waals surface area contributed by atoms with Crippen LogP contribution in [0.1, 0.15) is 43.5 Å². The highest BCUT2D eigenvalue weighted by Gasteiger charge is 2.46. The molecule has 3 atom stereocenters. The van der Waals surface area contributed by atoms with E-state index in [0.717, 1.165) is 38.9 Å². The topological polar surface area (TPSA) is 67.9 Å². The van der Waals surface area contributed by atoms with E-state index < -0.39 is 0 Å². The second-order valence-electron chi connectivity index (χ2n) is 7.91. The zero-order chi connectivity index (χ0) is 19.4. The number of hydrogen-bond donors (Lipinski definition) is 1. The Bertz CT molecular complexity index is 693. The average molecular weight is 374 g/mol. The number of carbonyl (C=O) groups is 2. The molecule has 1 aliphatic heterocycles. The minimum absolute atomic E-state index is 0.00738. The smallest absolute Gasteiger partial charge is 0.340 e. The van der Waals surface area contributed by atoms with E-state index in [9.17, 15) is 9.59 Å². The molecule has 1 aliphatic carbocycles. The van der Waals surface area contributed by atoms with Crippen LogP contribution in [0.2, 0.25) is 0 Å². The fourth-order valence-corrected chi connectivity index (χ4v) is 4.65. The van der Waals surface area contributed by atoms with Crippen molar-refractivity contribution in [2.75, 3.05) is 38.7 Å². The summed E-state index contributed by atoms with van der Waals surface area (Å²) in [6.07, 6.45) is 3.34. The third-order valence-corrected chi connectivity index (χ3v) is 5.95. The Labute approximate surface area is 161 Å². The number of rotatable bonds is 6. The van der Waals surface area contributed by atoms with E-state index in [1.807, 2.05) is 0 Å². The summed E-state index contributed by atoms with van der Waals surface area (Å²) in [6.45, 7) is 7.01. The summed E-state index contributed by atoms with van der Waals surface area (Å²) < 4.78 is 11.5. The number of fused-ring (bicyclic) bond motifs is 2. The van der Waals surface area contributed by atoms with Gasteiger partial charge < -0.3 is 19.7 Å². The van der Waals surface area contributed by atoms with Crippen LogP contribution in [0.5, 0.6) is 0 Å². The Morgan fingerprint density at radius 1 is 1.33 bits per heavy atom. The van der Waals surface area contributed by atoms with Gasteiger partial charge in [0.2, 0.25) is 5.91 Å². The maximum Gasteiger partial charge on any atom is 0.340 e. The van der Waals surface area contributed by atoms with Crippen LogP contribution in [0.15, 0.2) is 24.3 Å². The molecule has 6 nitrogen and oxygen atoms in total. The quantitative estimate of drug-likeness (QED) is 0.776. The van der Waals surface area contributed by atoms with Crippen molar-refractivity contribution in [3.8, 4) is 0 Å². The van der Waals surface area contributed by atoms with Crippen molar-refractivity contribution in [2.45, 2.75) is 39.2 Å². The van der Waals surface area contributed by atoms with Gasteiger partial charge in [-0.15, -0.1) is 0 Å². The van der Waals surface area contributed by atoms with E-state index in [1.54, 1.807) is 31.4 Å². The Balaban J connectivity index is 1.70. The minimum Gasteiger partial charge on any atom is -0.461 e. The molecule has 1 saturated heterocycles. The standard InChI is InChI=1S/C21H30N2O4/c1-4-23-12-16-11-21(13-23,10-9-19(16)26-3)14-27-20(25)17-7-5-6-8-18(17)22-15(2)24/h5-8,16,19H,4,9-14H2,1-3H3,(H,22,24)/t16-,19-,21-/m0/s1. The number of esters is 1. The maximum absolute atomic E-state index is 12.7. The van der Waals surface area contributed by atoms with Gasteiger partial charge in [-0.1, -0.05) is 19.1 Å². The number of para-hydroxylation sites is 1. The summed E-state index contributed by atoms with van der Waals surface area (Å²) in [5.74, 6) is -0.101. The molecular weight excluding hydrogens is 344 g/mol. The number of amides is 1. The van der Waals surface area contributed by atoms with E-state index >= 15 is 0 Å². The first-order chi connectivity index (χ1) is 13.0. The predicted octanol–water partition coefficient (Wildman–Crippen LogP) is 2.94. The summed E-state index contributed by atoms with van der Waals surface area (Å²) in [4.78, 5) is 26.5. The molecular formula is C21H30N2O4. The molecule has 1 aromatic rings. The van der Waals surface area contributed by atoms with Crippen molar-refractivity contribution >= 4 is 17.6 Å². The molecule has 1 saturated carbocycles. The lowest BCUT2D eigenvalue weighted by atomic mass is 9.65. The van der Waals surface area contributed by atoms with Crippen LogP contribution in [-0.2, 0) is 14.3 Å². The second-order valence-corrected chi connectivity index (χ2v) is 7.91. The summed E-state index contributed by atoms with van der Waals surface area (Å²) in [5.41, 5.74) is 0.883. The Kier molecular flexibility index (Phi) is 6.17. The SMILES string of the molecule is CCN1C[C@@H]2C[C@@](COC(=O)c3ccccc3NC(C)=O)(CC[C@@H]2OC)C1. The lowest BCUT2D eigenvalue weighted by Crippen LogP contribution is -2.55. The predicted molar refractivity (Wildman–Crippen MR) is 104 cm³/mol. The van der Waals surface area contributed by atoms with Crippen molar-refractivity contribution in [3.05, 3.63) is 29.8 Å². The summed E-state index contributed by atoms with van der Waals surface area (Å²) >= 11 is 0. The zero-order valence-corrected chi connectivity index (χ0v) is 16.5. The van der Waals surface area contributed by atoms with Crippen LogP contribution in [0.4, 0.5) is 5.69 Å². The molecule has 2 fully saturated rings. The monoisotopic (exact) mass is 374 g/mol. The van der Waals surface area contributed by atoms with Crippen molar-refractivity contribution in [3.63, 3.8) is 0 Å². The molecule has 3 rings (SSSR count). The van der Waals surface area contributed by atoms with Crippen LogP contribution in [0, 0.1) is 11.3 Å². The molecule has 0 unspecified atom stereocenters. The van der Waals surface area contributed by atoms with Gasteiger partial charge in [0.1, 0.15) is 0 Å². The lowest BCUT2D eigenvalue weighted by Gasteiger charge is -2.51. The first kappa shape index (κ1) is 19.8. The van der Waals surface area contributed by atoms with E-state index in [2.05, 4.69) is 17.1 Å². The normalized spacial score (nSPS) is 27.8. The average Bonchev–Trinajstić information content (AvgIpc) is 2.66. The van der Waals surface area contributed by atoms with Crippen molar-refractivity contribution in [1.82, 2.24) is 4.90 Å². The molecule has 1 amide bonds. The van der Waals surface area contributed by atoms with Crippen molar-refractivity contribution in [2.24, 2.45) is 11.3 Å². The van der Waals surface area contributed by atoms with E-state index in [4.69, 9.17) is 9.47 Å². The third-order valence-electron chi connectivity index (χ3n) is 5.95. The van der Waals surface area contributed by atoms with Gasteiger partial charge in [-0.2, -0.15) is 0 Å². The molecule has 0 radical (unpaired) electrons. The van der Waals surface area contributed by atoms with Gasteiger partial charge >= 0.3 is 5.97 Å². The molecule has 2 bridgehead atoms. The number of likely N-dealkylation sites (tertiary alicyclic amines) is 1. The molecule has 1 aromatic carbocycles. The second kappa shape index (κ2) is 8.40. The largest absolute Gasteiger partial charge is 0.461 e. The fraction of sp³-hybridized carbons (Fsp3) is 0.619. The summed E-state index contributed by atoms with van der Waals surface area (Å²) in [7, 11) is 1.79. The molecule has 0 spiro atoms. The number of anilines is 1. The van der Waals surface area contributed by atoms with Gasteiger partial charge in [0, 0.05) is 32.5 Å².